The lowest BCUT2D eigenvalue weighted by Crippen LogP contribution is -2.24. The molecule has 20 heavy (non-hydrogen) atoms. The van der Waals surface area contributed by atoms with E-state index in [-0.39, 0.29) is 0 Å². The lowest BCUT2D eigenvalue weighted by Gasteiger charge is -2.29. The molecule has 6 nitrogen and oxygen atoms in total. The summed E-state index contributed by atoms with van der Waals surface area (Å²) in [6.07, 6.45) is 7.04. The van der Waals surface area contributed by atoms with E-state index in [4.69, 9.17) is 0 Å². The Morgan fingerprint density at radius 2 is 2.15 bits per heavy atom. The Labute approximate surface area is 118 Å². The van der Waals surface area contributed by atoms with Crippen LogP contribution in [0.25, 0.3) is 11.2 Å². The van der Waals surface area contributed by atoms with Gasteiger partial charge in [0, 0.05) is 13.6 Å². The number of hydrogen-bond acceptors (Lipinski definition) is 5. The molecule has 1 aliphatic carbocycles. The van der Waals surface area contributed by atoms with Gasteiger partial charge in [-0.2, -0.15) is 9.97 Å². The van der Waals surface area contributed by atoms with Gasteiger partial charge in [0.25, 0.3) is 0 Å². The first-order valence-electron chi connectivity index (χ1n) is 7.40. The van der Waals surface area contributed by atoms with Crippen LogP contribution in [0.5, 0.6) is 0 Å². The molecule has 0 saturated heterocycles. The second kappa shape index (κ2) is 5.64. The summed E-state index contributed by atoms with van der Waals surface area (Å²) in [6.45, 7) is 3.33. The van der Waals surface area contributed by atoms with Crippen LogP contribution in [0.4, 0.5) is 11.8 Å². The molecule has 6 heteroatoms. The van der Waals surface area contributed by atoms with Gasteiger partial charge in [0.15, 0.2) is 11.5 Å². The summed E-state index contributed by atoms with van der Waals surface area (Å²) in [7, 11) is 1.82. The van der Waals surface area contributed by atoms with Crippen molar-refractivity contribution < 1.29 is 0 Å². The number of rotatable bonds is 4. The quantitative estimate of drug-likeness (QED) is 0.798. The highest BCUT2D eigenvalue weighted by Gasteiger charge is 2.21. The van der Waals surface area contributed by atoms with E-state index in [1.807, 2.05) is 7.05 Å². The molecule has 3 rings (SSSR count). The fourth-order valence-corrected chi connectivity index (χ4v) is 3.00. The van der Waals surface area contributed by atoms with Crippen molar-refractivity contribution in [2.75, 3.05) is 24.2 Å². The molecule has 0 radical (unpaired) electrons. The van der Waals surface area contributed by atoms with Crippen LogP contribution < -0.4 is 10.6 Å². The molecule has 2 atom stereocenters. The van der Waals surface area contributed by atoms with E-state index in [1.165, 1.54) is 25.7 Å². The maximum absolute atomic E-state index is 4.50. The average Bonchev–Trinajstić information content (AvgIpc) is 2.94. The highest BCUT2D eigenvalue weighted by atomic mass is 15.2. The van der Waals surface area contributed by atoms with Crippen LogP contribution in [-0.4, -0.2) is 33.5 Å². The maximum Gasteiger partial charge on any atom is 0.226 e. The molecule has 3 N–H and O–H groups in total. The van der Waals surface area contributed by atoms with E-state index in [9.17, 15) is 0 Å². The summed E-state index contributed by atoms with van der Waals surface area (Å²) in [4.78, 5) is 16.1. The summed E-state index contributed by atoms with van der Waals surface area (Å²) in [6, 6.07) is 0. The van der Waals surface area contributed by atoms with Crippen LogP contribution >= 0.6 is 0 Å². The van der Waals surface area contributed by atoms with Crippen LogP contribution in [0.3, 0.4) is 0 Å². The lowest BCUT2D eigenvalue weighted by molar-refractivity contribution is 0.268. The standard InChI is InChI=1S/C14H22N6/c1-9-5-3-4-6-10(9)7-16-12-11-13(18-8-17-11)20-14(15-2)19-12/h8-10H,3-7H2,1-2H3,(H3,15,16,17,18,19,20). The number of imidazole rings is 1. The third-order valence-corrected chi connectivity index (χ3v) is 4.33. The second-order valence-electron chi connectivity index (χ2n) is 5.65. The van der Waals surface area contributed by atoms with Gasteiger partial charge in [0.05, 0.1) is 6.33 Å². The van der Waals surface area contributed by atoms with Gasteiger partial charge in [-0.1, -0.05) is 26.2 Å². The molecular formula is C14H22N6. The van der Waals surface area contributed by atoms with Gasteiger partial charge in [0.2, 0.25) is 5.95 Å². The zero-order chi connectivity index (χ0) is 13.9. The Kier molecular flexibility index (Phi) is 3.71. The molecule has 0 aliphatic heterocycles. The number of H-pyrrole nitrogens is 1. The predicted octanol–water partition coefficient (Wildman–Crippen LogP) is 2.63. The summed E-state index contributed by atoms with van der Waals surface area (Å²) >= 11 is 0. The molecule has 0 amide bonds. The fourth-order valence-electron chi connectivity index (χ4n) is 3.00. The first-order chi connectivity index (χ1) is 9.78. The number of fused-ring (bicyclic) bond motifs is 1. The Bertz CT molecular complexity index is 578. The number of nitrogens with zero attached hydrogens (tertiary/aromatic N) is 3. The van der Waals surface area contributed by atoms with Gasteiger partial charge in [-0.3, -0.25) is 0 Å². The number of hydrogen-bond donors (Lipinski definition) is 3. The zero-order valence-electron chi connectivity index (χ0n) is 12.1. The van der Waals surface area contributed by atoms with Gasteiger partial charge in [-0.05, 0) is 18.3 Å². The van der Waals surface area contributed by atoms with E-state index >= 15 is 0 Å². The zero-order valence-corrected chi connectivity index (χ0v) is 12.1. The van der Waals surface area contributed by atoms with Crippen LogP contribution in [0.1, 0.15) is 32.6 Å². The van der Waals surface area contributed by atoms with Crippen molar-refractivity contribution >= 4 is 22.9 Å². The molecule has 1 saturated carbocycles. The van der Waals surface area contributed by atoms with Gasteiger partial charge in [-0.25, -0.2) is 4.98 Å². The fraction of sp³-hybridized carbons (Fsp3) is 0.643. The Morgan fingerprint density at radius 3 is 2.95 bits per heavy atom. The van der Waals surface area contributed by atoms with Gasteiger partial charge in [0.1, 0.15) is 5.52 Å². The van der Waals surface area contributed by atoms with Crippen molar-refractivity contribution in [2.45, 2.75) is 32.6 Å². The average molecular weight is 274 g/mol. The normalized spacial score (nSPS) is 22.9. The van der Waals surface area contributed by atoms with Crippen molar-refractivity contribution in [1.29, 1.82) is 0 Å². The topological polar surface area (TPSA) is 78.5 Å². The van der Waals surface area contributed by atoms with Crippen molar-refractivity contribution in [3.63, 3.8) is 0 Å². The molecule has 0 spiro atoms. The highest BCUT2D eigenvalue weighted by molar-refractivity contribution is 5.83. The van der Waals surface area contributed by atoms with Crippen molar-refractivity contribution in [1.82, 2.24) is 19.9 Å². The molecule has 108 valence electrons. The molecule has 2 heterocycles. The molecule has 2 aromatic rings. The van der Waals surface area contributed by atoms with Crippen molar-refractivity contribution in [3.05, 3.63) is 6.33 Å². The maximum atomic E-state index is 4.50. The molecule has 0 bridgehead atoms. The lowest BCUT2D eigenvalue weighted by atomic mass is 9.80. The van der Waals surface area contributed by atoms with Crippen molar-refractivity contribution in [3.8, 4) is 0 Å². The van der Waals surface area contributed by atoms with E-state index in [1.54, 1.807) is 6.33 Å². The van der Waals surface area contributed by atoms with Crippen LogP contribution in [-0.2, 0) is 0 Å². The number of aromatic nitrogens is 4. The van der Waals surface area contributed by atoms with Crippen LogP contribution in [0.15, 0.2) is 6.33 Å². The SMILES string of the molecule is CNc1nc(NCC2CCCCC2C)c2[nH]cnc2n1. The summed E-state index contributed by atoms with van der Waals surface area (Å²) < 4.78 is 0. The largest absolute Gasteiger partial charge is 0.368 e. The first kappa shape index (κ1) is 13.1. The van der Waals surface area contributed by atoms with E-state index < -0.39 is 0 Å². The minimum Gasteiger partial charge on any atom is -0.368 e. The van der Waals surface area contributed by atoms with Crippen molar-refractivity contribution in [2.24, 2.45) is 11.8 Å². The summed E-state index contributed by atoms with van der Waals surface area (Å²) in [5.41, 5.74) is 1.58. The second-order valence-corrected chi connectivity index (χ2v) is 5.65. The van der Waals surface area contributed by atoms with E-state index in [2.05, 4.69) is 37.5 Å². The predicted molar refractivity (Wildman–Crippen MR) is 80.8 cm³/mol. The van der Waals surface area contributed by atoms with Crippen LogP contribution in [0, 0.1) is 11.8 Å². The van der Waals surface area contributed by atoms with E-state index in [0.29, 0.717) is 11.6 Å². The molecule has 1 fully saturated rings. The Balaban J connectivity index is 1.77. The summed E-state index contributed by atoms with van der Waals surface area (Å²) in [5, 5.41) is 6.47. The first-order valence-corrected chi connectivity index (χ1v) is 7.40. The number of aromatic amines is 1. The third kappa shape index (κ3) is 2.55. The smallest absolute Gasteiger partial charge is 0.226 e. The van der Waals surface area contributed by atoms with Gasteiger partial charge in [-0.15, -0.1) is 0 Å². The third-order valence-electron chi connectivity index (χ3n) is 4.33. The minimum absolute atomic E-state index is 0.601. The number of anilines is 2. The molecule has 0 aromatic carbocycles. The minimum atomic E-state index is 0.601. The van der Waals surface area contributed by atoms with Crippen LogP contribution in [0.2, 0.25) is 0 Å². The summed E-state index contributed by atoms with van der Waals surface area (Å²) in [5.74, 6) is 2.97. The van der Waals surface area contributed by atoms with E-state index in [0.717, 1.165) is 29.7 Å². The molecule has 1 aliphatic rings. The van der Waals surface area contributed by atoms with Gasteiger partial charge < -0.3 is 15.6 Å². The Morgan fingerprint density at radius 1 is 1.30 bits per heavy atom. The van der Waals surface area contributed by atoms with Gasteiger partial charge >= 0.3 is 0 Å². The monoisotopic (exact) mass is 274 g/mol. The highest BCUT2D eigenvalue weighted by Crippen LogP contribution is 2.30. The molecule has 2 unspecified atom stereocenters. The molecule has 2 aromatic heterocycles. The number of nitrogens with one attached hydrogen (secondary N) is 3. The Hall–Kier alpha value is -1.85. The molecular weight excluding hydrogens is 252 g/mol.